The van der Waals surface area contributed by atoms with Gasteiger partial charge in [0, 0.05) is 11.6 Å². The van der Waals surface area contributed by atoms with Crippen LogP contribution in [0.25, 0.3) is 0 Å². The van der Waals surface area contributed by atoms with E-state index in [4.69, 9.17) is 0 Å². The molecule has 0 saturated carbocycles. The lowest BCUT2D eigenvalue weighted by Crippen LogP contribution is -2.45. The highest BCUT2D eigenvalue weighted by Gasteiger charge is 2.35. The normalized spacial score (nSPS) is 31.2. The van der Waals surface area contributed by atoms with Crippen LogP contribution in [0.2, 0.25) is 0 Å². The number of nitrogens with zero attached hydrogens (tertiary/aromatic N) is 1. The van der Waals surface area contributed by atoms with E-state index in [1.165, 1.54) is 13.0 Å². The monoisotopic (exact) mass is 184 g/mol. The van der Waals surface area contributed by atoms with Crippen molar-refractivity contribution in [2.24, 2.45) is 5.92 Å². The molecule has 1 heterocycles. The summed E-state index contributed by atoms with van der Waals surface area (Å²) in [5.41, 5.74) is 0.335. The van der Waals surface area contributed by atoms with Gasteiger partial charge in [-0.15, -0.1) is 0 Å². The molecular weight excluding hydrogens is 160 g/mol. The van der Waals surface area contributed by atoms with Gasteiger partial charge in [0.1, 0.15) is 0 Å². The summed E-state index contributed by atoms with van der Waals surface area (Å²) in [6.45, 7) is 11.7. The molecule has 0 aliphatic carbocycles. The molecule has 0 bridgehead atoms. The van der Waals surface area contributed by atoms with E-state index in [1.54, 1.807) is 0 Å². The highest BCUT2D eigenvalue weighted by molar-refractivity contribution is 4.91. The van der Waals surface area contributed by atoms with Gasteiger partial charge in [0.05, 0.1) is 0 Å². The van der Waals surface area contributed by atoms with Gasteiger partial charge in [0.25, 0.3) is 0 Å². The average molecular weight is 184 g/mol. The van der Waals surface area contributed by atoms with E-state index in [0.29, 0.717) is 5.54 Å². The number of nitrogens with one attached hydrogen (secondary N) is 1. The largest absolute Gasteiger partial charge is 0.319 e. The molecule has 2 nitrogen and oxygen atoms in total. The van der Waals surface area contributed by atoms with Crippen LogP contribution in [-0.2, 0) is 0 Å². The topological polar surface area (TPSA) is 15.3 Å². The fraction of sp³-hybridized carbons (Fsp3) is 1.00. The molecule has 1 saturated heterocycles. The summed E-state index contributed by atoms with van der Waals surface area (Å²) in [7, 11) is 2.05. The predicted octanol–water partition coefficient (Wildman–Crippen LogP) is 1.71. The SMILES string of the molecule is CNCC1CCN(C(C)(C)C)C1C. The fourth-order valence-electron chi connectivity index (χ4n) is 2.49. The van der Waals surface area contributed by atoms with Crippen LogP contribution in [0.4, 0.5) is 0 Å². The molecule has 1 aliphatic heterocycles. The van der Waals surface area contributed by atoms with Gasteiger partial charge >= 0.3 is 0 Å². The molecular formula is C11H24N2. The van der Waals surface area contributed by atoms with Crippen LogP contribution in [0.3, 0.4) is 0 Å². The van der Waals surface area contributed by atoms with Gasteiger partial charge in [-0.2, -0.15) is 0 Å². The summed E-state index contributed by atoms with van der Waals surface area (Å²) in [4.78, 5) is 2.62. The second kappa shape index (κ2) is 3.97. The van der Waals surface area contributed by atoms with Gasteiger partial charge in [-0.1, -0.05) is 0 Å². The number of hydrogen-bond acceptors (Lipinski definition) is 2. The lowest BCUT2D eigenvalue weighted by Gasteiger charge is -2.36. The Morgan fingerprint density at radius 1 is 1.38 bits per heavy atom. The first kappa shape index (κ1) is 11.0. The van der Waals surface area contributed by atoms with Crippen LogP contribution in [-0.4, -0.2) is 36.6 Å². The van der Waals surface area contributed by atoms with Crippen molar-refractivity contribution in [1.82, 2.24) is 10.2 Å². The zero-order chi connectivity index (χ0) is 10.1. The summed E-state index contributed by atoms with van der Waals surface area (Å²) in [6, 6.07) is 0.729. The minimum atomic E-state index is 0.335. The van der Waals surface area contributed by atoms with Crippen LogP contribution < -0.4 is 5.32 Å². The first-order valence-corrected chi connectivity index (χ1v) is 5.38. The number of likely N-dealkylation sites (tertiary alicyclic amines) is 1. The maximum atomic E-state index is 3.29. The van der Waals surface area contributed by atoms with Crippen molar-refractivity contribution >= 4 is 0 Å². The highest BCUT2D eigenvalue weighted by Crippen LogP contribution is 2.29. The van der Waals surface area contributed by atoms with Crippen molar-refractivity contribution in [3.05, 3.63) is 0 Å². The standard InChI is InChI=1S/C11H24N2/c1-9-10(8-12-5)6-7-13(9)11(2,3)4/h9-10,12H,6-8H2,1-5H3. The first-order chi connectivity index (χ1) is 5.96. The molecule has 0 aromatic heterocycles. The lowest BCUT2D eigenvalue weighted by atomic mass is 9.99. The molecule has 1 N–H and O–H groups in total. The molecule has 78 valence electrons. The zero-order valence-electron chi connectivity index (χ0n) is 9.72. The van der Waals surface area contributed by atoms with E-state index >= 15 is 0 Å². The third-order valence-electron chi connectivity index (χ3n) is 3.24. The van der Waals surface area contributed by atoms with Gasteiger partial charge in [-0.05, 0) is 60.2 Å². The van der Waals surface area contributed by atoms with Crippen LogP contribution >= 0.6 is 0 Å². The molecule has 0 aromatic rings. The Balaban J connectivity index is 2.55. The smallest absolute Gasteiger partial charge is 0.0128 e. The predicted molar refractivity (Wildman–Crippen MR) is 58.0 cm³/mol. The second-order valence-electron chi connectivity index (χ2n) is 5.21. The van der Waals surface area contributed by atoms with Crippen molar-refractivity contribution in [2.75, 3.05) is 20.1 Å². The molecule has 1 rings (SSSR count). The minimum absolute atomic E-state index is 0.335. The third kappa shape index (κ3) is 2.44. The van der Waals surface area contributed by atoms with Crippen molar-refractivity contribution in [2.45, 2.75) is 45.7 Å². The second-order valence-corrected chi connectivity index (χ2v) is 5.21. The zero-order valence-corrected chi connectivity index (χ0v) is 9.72. The summed E-state index contributed by atoms with van der Waals surface area (Å²) in [5.74, 6) is 0.837. The van der Waals surface area contributed by atoms with Gasteiger partial charge in [-0.25, -0.2) is 0 Å². The number of rotatable bonds is 2. The van der Waals surface area contributed by atoms with Gasteiger partial charge in [0.15, 0.2) is 0 Å². The van der Waals surface area contributed by atoms with E-state index < -0.39 is 0 Å². The van der Waals surface area contributed by atoms with Gasteiger partial charge in [-0.3, -0.25) is 4.90 Å². The minimum Gasteiger partial charge on any atom is -0.319 e. The van der Waals surface area contributed by atoms with E-state index in [9.17, 15) is 0 Å². The third-order valence-corrected chi connectivity index (χ3v) is 3.24. The Bertz CT molecular complexity index is 160. The maximum Gasteiger partial charge on any atom is 0.0128 e. The van der Waals surface area contributed by atoms with Crippen LogP contribution in [0.15, 0.2) is 0 Å². The molecule has 1 aliphatic rings. The Hall–Kier alpha value is -0.0800. The maximum absolute atomic E-state index is 3.29. The molecule has 0 radical (unpaired) electrons. The molecule has 0 aromatic carbocycles. The summed E-state index contributed by atoms with van der Waals surface area (Å²) < 4.78 is 0. The van der Waals surface area contributed by atoms with Crippen molar-refractivity contribution in [1.29, 1.82) is 0 Å². The number of hydrogen-bond donors (Lipinski definition) is 1. The lowest BCUT2D eigenvalue weighted by molar-refractivity contribution is 0.117. The van der Waals surface area contributed by atoms with E-state index in [1.807, 2.05) is 7.05 Å². The molecule has 0 amide bonds. The van der Waals surface area contributed by atoms with Gasteiger partial charge < -0.3 is 5.32 Å². The molecule has 2 atom stereocenters. The Labute approximate surface area is 82.7 Å². The Morgan fingerprint density at radius 2 is 2.00 bits per heavy atom. The summed E-state index contributed by atoms with van der Waals surface area (Å²) >= 11 is 0. The Kier molecular flexibility index (Phi) is 3.36. The van der Waals surface area contributed by atoms with Crippen LogP contribution in [0.5, 0.6) is 0 Å². The van der Waals surface area contributed by atoms with Crippen molar-refractivity contribution in [3.63, 3.8) is 0 Å². The molecule has 2 unspecified atom stereocenters. The van der Waals surface area contributed by atoms with Crippen LogP contribution in [0.1, 0.15) is 34.1 Å². The summed E-state index contributed by atoms with van der Waals surface area (Å²) in [6.07, 6.45) is 1.35. The Morgan fingerprint density at radius 3 is 2.38 bits per heavy atom. The molecule has 13 heavy (non-hydrogen) atoms. The van der Waals surface area contributed by atoms with E-state index in [2.05, 4.69) is 37.9 Å². The van der Waals surface area contributed by atoms with Crippen molar-refractivity contribution < 1.29 is 0 Å². The molecule has 2 heteroatoms. The molecule has 0 spiro atoms. The fourth-order valence-corrected chi connectivity index (χ4v) is 2.49. The van der Waals surface area contributed by atoms with E-state index in [0.717, 1.165) is 18.5 Å². The summed E-state index contributed by atoms with van der Waals surface area (Å²) in [5, 5.41) is 3.29. The van der Waals surface area contributed by atoms with E-state index in [-0.39, 0.29) is 0 Å². The average Bonchev–Trinajstić information content (AvgIpc) is 2.32. The van der Waals surface area contributed by atoms with Gasteiger partial charge in [0.2, 0.25) is 0 Å². The molecule has 1 fully saturated rings. The first-order valence-electron chi connectivity index (χ1n) is 5.38. The quantitative estimate of drug-likeness (QED) is 0.703. The van der Waals surface area contributed by atoms with Crippen LogP contribution in [0, 0.1) is 5.92 Å². The van der Waals surface area contributed by atoms with Crippen molar-refractivity contribution in [3.8, 4) is 0 Å². The highest BCUT2D eigenvalue weighted by atomic mass is 15.2.